The number of carbonyl (C=O) groups is 1. The molecule has 1 amide bonds. The SMILES string of the molecule is Cc1ccc2nonc2c1NC(=O)CCl. The molecule has 0 saturated heterocycles. The maximum absolute atomic E-state index is 11.2. The van der Waals surface area contributed by atoms with Crippen LogP contribution >= 0.6 is 11.6 Å². The normalized spacial score (nSPS) is 10.5. The second-order valence-electron chi connectivity index (χ2n) is 3.07. The Bertz CT molecular complexity index is 509. The predicted octanol–water partition coefficient (Wildman–Crippen LogP) is 1.71. The molecule has 0 aliphatic heterocycles. The van der Waals surface area contributed by atoms with Crippen LogP contribution < -0.4 is 5.32 Å². The van der Waals surface area contributed by atoms with E-state index in [4.69, 9.17) is 11.6 Å². The first-order chi connectivity index (χ1) is 7.22. The van der Waals surface area contributed by atoms with Gasteiger partial charge in [0.15, 0.2) is 5.52 Å². The average Bonchev–Trinajstić information content (AvgIpc) is 2.70. The number of aromatic nitrogens is 2. The van der Waals surface area contributed by atoms with Crippen molar-refractivity contribution in [1.29, 1.82) is 0 Å². The highest BCUT2D eigenvalue weighted by Crippen LogP contribution is 2.24. The van der Waals surface area contributed by atoms with Crippen LogP contribution in [-0.2, 0) is 4.79 Å². The minimum absolute atomic E-state index is 0.0961. The molecule has 0 aliphatic rings. The lowest BCUT2D eigenvalue weighted by Crippen LogP contribution is -2.13. The fourth-order valence-electron chi connectivity index (χ4n) is 1.28. The lowest BCUT2D eigenvalue weighted by atomic mass is 10.1. The first kappa shape index (κ1) is 9.92. The lowest BCUT2D eigenvalue weighted by Gasteiger charge is -2.05. The van der Waals surface area contributed by atoms with Gasteiger partial charge in [0, 0.05) is 0 Å². The van der Waals surface area contributed by atoms with E-state index >= 15 is 0 Å². The molecule has 0 atom stereocenters. The molecule has 1 aromatic carbocycles. The number of benzene rings is 1. The third-order valence-electron chi connectivity index (χ3n) is 2.02. The summed E-state index contributed by atoms with van der Waals surface area (Å²) < 4.78 is 4.59. The molecule has 0 spiro atoms. The Balaban J connectivity index is 2.51. The summed E-state index contributed by atoms with van der Waals surface area (Å²) in [6.07, 6.45) is 0. The van der Waals surface area contributed by atoms with Crippen LogP contribution in [0.4, 0.5) is 5.69 Å². The molecule has 5 nitrogen and oxygen atoms in total. The number of hydrogen-bond donors (Lipinski definition) is 1. The monoisotopic (exact) mass is 225 g/mol. The number of hydrogen-bond acceptors (Lipinski definition) is 4. The summed E-state index contributed by atoms with van der Waals surface area (Å²) in [4.78, 5) is 11.2. The van der Waals surface area contributed by atoms with Crippen LogP contribution in [0.5, 0.6) is 0 Å². The quantitative estimate of drug-likeness (QED) is 0.790. The van der Waals surface area contributed by atoms with Gasteiger partial charge < -0.3 is 5.32 Å². The Morgan fingerprint density at radius 1 is 1.53 bits per heavy atom. The van der Waals surface area contributed by atoms with Crippen LogP contribution in [0, 0.1) is 6.92 Å². The van der Waals surface area contributed by atoms with Crippen molar-refractivity contribution in [2.45, 2.75) is 6.92 Å². The molecule has 1 heterocycles. The van der Waals surface area contributed by atoms with E-state index in [9.17, 15) is 4.79 Å². The van der Waals surface area contributed by atoms with Crippen molar-refractivity contribution in [1.82, 2.24) is 10.3 Å². The Morgan fingerprint density at radius 2 is 2.33 bits per heavy atom. The number of halogens is 1. The van der Waals surface area contributed by atoms with E-state index in [1.165, 1.54) is 0 Å². The number of anilines is 1. The largest absolute Gasteiger partial charge is 0.323 e. The number of carbonyl (C=O) groups excluding carboxylic acids is 1. The molecule has 15 heavy (non-hydrogen) atoms. The van der Waals surface area contributed by atoms with E-state index in [0.29, 0.717) is 16.7 Å². The van der Waals surface area contributed by atoms with Crippen molar-refractivity contribution >= 4 is 34.2 Å². The van der Waals surface area contributed by atoms with E-state index in [0.717, 1.165) is 5.56 Å². The summed E-state index contributed by atoms with van der Waals surface area (Å²) in [5.74, 6) is -0.378. The molecule has 0 unspecified atom stereocenters. The zero-order valence-electron chi connectivity index (χ0n) is 7.95. The van der Waals surface area contributed by atoms with E-state index in [1.54, 1.807) is 6.07 Å². The summed E-state index contributed by atoms with van der Waals surface area (Å²) in [5, 5.41) is 10.1. The minimum atomic E-state index is -0.282. The van der Waals surface area contributed by atoms with Crippen molar-refractivity contribution in [2.75, 3.05) is 11.2 Å². The summed E-state index contributed by atoms with van der Waals surface area (Å²) in [7, 11) is 0. The molecule has 0 fully saturated rings. The molecule has 0 saturated carbocycles. The second kappa shape index (κ2) is 3.86. The van der Waals surface area contributed by atoms with Crippen LogP contribution in [0.15, 0.2) is 16.8 Å². The summed E-state index contributed by atoms with van der Waals surface area (Å²) >= 11 is 5.41. The van der Waals surface area contributed by atoms with Gasteiger partial charge in [-0.15, -0.1) is 11.6 Å². The standard InChI is InChI=1S/C9H8ClN3O2/c1-5-2-3-6-9(13-15-12-6)8(5)11-7(14)4-10/h2-3H,4H2,1H3,(H,11,14). The van der Waals surface area contributed by atoms with Crippen molar-refractivity contribution in [2.24, 2.45) is 0 Å². The molecular formula is C9H8ClN3O2. The van der Waals surface area contributed by atoms with Crippen molar-refractivity contribution in [3.63, 3.8) is 0 Å². The molecule has 1 N–H and O–H groups in total. The van der Waals surface area contributed by atoms with E-state index in [1.807, 2.05) is 13.0 Å². The molecule has 0 radical (unpaired) electrons. The van der Waals surface area contributed by atoms with Gasteiger partial charge >= 0.3 is 0 Å². The number of aryl methyl sites for hydroxylation is 1. The van der Waals surface area contributed by atoms with E-state index in [2.05, 4.69) is 20.3 Å². The van der Waals surface area contributed by atoms with Crippen LogP contribution in [0.1, 0.15) is 5.56 Å². The Kier molecular flexibility index (Phi) is 2.55. The zero-order valence-corrected chi connectivity index (χ0v) is 8.71. The fourth-order valence-corrected chi connectivity index (χ4v) is 1.35. The number of nitrogens with zero attached hydrogens (tertiary/aromatic N) is 2. The van der Waals surface area contributed by atoms with Crippen molar-refractivity contribution in [3.05, 3.63) is 17.7 Å². The third kappa shape index (κ3) is 1.78. The van der Waals surface area contributed by atoms with Gasteiger partial charge in [0.1, 0.15) is 11.4 Å². The first-order valence-electron chi connectivity index (χ1n) is 4.30. The number of rotatable bonds is 2. The first-order valence-corrected chi connectivity index (χ1v) is 4.83. The van der Waals surface area contributed by atoms with Crippen molar-refractivity contribution < 1.29 is 9.42 Å². The van der Waals surface area contributed by atoms with Gasteiger partial charge in [-0.05, 0) is 28.9 Å². The molecular weight excluding hydrogens is 218 g/mol. The smallest absolute Gasteiger partial charge is 0.239 e. The van der Waals surface area contributed by atoms with Gasteiger partial charge in [-0.1, -0.05) is 6.07 Å². The van der Waals surface area contributed by atoms with Crippen molar-refractivity contribution in [3.8, 4) is 0 Å². The number of fused-ring (bicyclic) bond motifs is 1. The van der Waals surface area contributed by atoms with E-state index < -0.39 is 0 Å². The van der Waals surface area contributed by atoms with Gasteiger partial charge in [-0.25, -0.2) is 4.63 Å². The highest BCUT2D eigenvalue weighted by atomic mass is 35.5. The summed E-state index contributed by atoms with van der Waals surface area (Å²) in [5.41, 5.74) is 2.62. The molecule has 0 bridgehead atoms. The van der Waals surface area contributed by atoms with Gasteiger partial charge in [-0.3, -0.25) is 4.79 Å². The maximum atomic E-state index is 11.2. The Labute approximate surface area is 90.4 Å². The van der Waals surface area contributed by atoms with Crippen LogP contribution in [0.25, 0.3) is 11.0 Å². The fraction of sp³-hybridized carbons (Fsp3) is 0.222. The lowest BCUT2D eigenvalue weighted by molar-refractivity contribution is -0.113. The second-order valence-corrected chi connectivity index (χ2v) is 3.34. The van der Waals surface area contributed by atoms with Gasteiger partial charge in [0.2, 0.25) is 5.91 Å². The van der Waals surface area contributed by atoms with Crippen LogP contribution in [-0.4, -0.2) is 22.1 Å². The van der Waals surface area contributed by atoms with Crippen LogP contribution in [0.2, 0.25) is 0 Å². The van der Waals surface area contributed by atoms with Crippen LogP contribution in [0.3, 0.4) is 0 Å². The van der Waals surface area contributed by atoms with E-state index in [-0.39, 0.29) is 11.8 Å². The molecule has 1 aromatic heterocycles. The molecule has 2 aromatic rings. The number of amides is 1. The maximum Gasteiger partial charge on any atom is 0.239 e. The average molecular weight is 226 g/mol. The molecule has 0 aliphatic carbocycles. The predicted molar refractivity (Wildman–Crippen MR) is 55.9 cm³/mol. The zero-order chi connectivity index (χ0) is 10.8. The molecule has 2 rings (SSSR count). The number of alkyl halides is 1. The Hall–Kier alpha value is -1.62. The summed E-state index contributed by atoms with van der Waals surface area (Å²) in [6.45, 7) is 1.86. The summed E-state index contributed by atoms with van der Waals surface area (Å²) in [6, 6.07) is 3.61. The highest BCUT2D eigenvalue weighted by molar-refractivity contribution is 6.29. The van der Waals surface area contributed by atoms with Gasteiger partial charge in [-0.2, -0.15) is 0 Å². The Morgan fingerprint density at radius 3 is 3.07 bits per heavy atom. The topological polar surface area (TPSA) is 68.0 Å². The van der Waals surface area contributed by atoms with Gasteiger partial charge in [0.05, 0.1) is 5.69 Å². The third-order valence-corrected chi connectivity index (χ3v) is 2.26. The molecule has 6 heteroatoms. The minimum Gasteiger partial charge on any atom is -0.323 e. The highest BCUT2D eigenvalue weighted by Gasteiger charge is 2.11. The molecule has 78 valence electrons. The van der Waals surface area contributed by atoms with Gasteiger partial charge in [0.25, 0.3) is 0 Å². The number of nitrogens with one attached hydrogen (secondary N) is 1.